The second-order valence-corrected chi connectivity index (χ2v) is 8.02. The summed E-state index contributed by atoms with van der Waals surface area (Å²) in [5, 5.41) is 6.59. The molecule has 2 N–H and O–H groups in total. The zero-order chi connectivity index (χ0) is 20.1. The third kappa shape index (κ3) is 5.44. The fraction of sp³-hybridized carbons (Fsp3) is 0.500. The normalized spacial score (nSPS) is 19.1. The zero-order valence-electron chi connectivity index (χ0n) is 17.3. The van der Waals surface area contributed by atoms with E-state index in [1.165, 1.54) is 0 Å². The Hall–Kier alpha value is -2.63. The number of carbonyl (C=O) groups excluding carboxylic acids is 1. The van der Waals surface area contributed by atoms with Crippen LogP contribution in [0.2, 0.25) is 0 Å². The Morgan fingerprint density at radius 3 is 2.39 bits per heavy atom. The van der Waals surface area contributed by atoms with Crippen molar-refractivity contribution in [1.82, 2.24) is 15.3 Å². The molecule has 0 unspecified atom stereocenters. The Balaban J connectivity index is 1.46. The van der Waals surface area contributed by atoms with Gasteiger partial charge >= 0.3 is 0 Å². The first-order valence-corrected chi connectivity index (χ1v) is 10.0. The van der Waals surface area contributed by atoms with Crippen LogP contribution in [0.4, 0.5) is 11.8 Å². The van der Waals surface area contributed by atoms with Gasteiger partial charge in [-0.25, -0.2) is 4.98 Å². The van der Waals surface area contributed by atoms with E-state index in [0.29, 0.717) is 17.9 Å². The van der Waals surface area contributed by atoms with Gasteiger partial charge in [-0.2, -0.15) is 4.98 Å². The van der Waals surface area contributed by atoms with Crippen molar-refractivity contribution in [1.29, 1.82) is 0 Å². The molecule has 2 aromatic rings. The van der Waals surface area contributed by atoms with Crippen molar-refractivity contribution in [2.45, 2.75) is 45.6 Å². The van der Waals surface area contributed by atoms with Crippen LogP contribution >= 0.6 is 0 Å². The molecule has 6 heteroatoms. The second kappa shape index (κ2) is 9.04. The molecule has 0 radical (unpaired) electrons. The van der Waals surface area contributed by atoms with Gasteiger partial charge in [0.1, 0.15) is 5.82 Å². The minimum absolute atomic E-state index is 0.0182. The van der Waals surface area contributed by atoms with Gasteiger partial charge in [0.05, 0.1) is 0 Å². The standard InChI is InChI=1S/C22H31N5O/c1-15-5-9-18(10-6-15)21(28)23-14-17-7-11-19(12-8-17)25-22-24-16(2)13-20(26-22)27(3)4/h5-6,9-10,13,17,19H,7-8,11-12,14H2,1-4H3,(H,23,28)(H,24,25,26). The molecule has 1 amide bonds. The highest BCUT2D eigenvalue weighted by Crippen LogP contribution is 2.26. The molecule has 1 aliphatic carbocycles. The first kappa shape index (κ1) is 20.1. The van der Waals surface area contributed by atoms with Crippen LogP contribution in [0.5, 0.6) is 0 Å². The number of benzene rings is 1. The molecule has 0 saturated heterocycles. The second-order valence-electron chi connectivity index (χ2n) is 8.02. The molecular formula is C22H31N5O. The van der Waals surface area contributed by atoms with E-state index in [4.69, 9.17) is 0 Å². The predicted molar refractivity (Wildman–Crippen MR) is 114 cm³/mol. The molecule has 1 heterocycles. The molecule has 1 aromatic carbocycles. The van der Waals surface area contributed by atoms with Gasteiger partial charge in [0, 0.05) is 44.0 Å². The fourth-order valence-corrected chi connectivity index (χ4v) is 3.58. The summed E-state index contributed by atoms with van der Waals surface area (Å²) in [6.07, 6.45) is 4.33. The number of amides is 1. The van der Waals surface area contributed by atoms with Crippen LogP contribution in [0.25, 0.3) is 0 Å². The van der Waals surface area contributed by atoms with Crippen molar-refractivity contribution in [3.05, 3.63) is 47.2 Å². The topological polar surface area (TPSA) is 70.2 Å². The van der Waals surface area contributed by atoms with Crippen molar-refractivity contribution < 1.29 is 4.79 Å². The maximum Gasteiger partial charge on any atom is 0.251 e. The van der Waals surface area contributed by atoms with Crippen molar-refractivity contribution in [2.75, 3.05) is 30.9 Å². The molecule has 1 saturated carbocycles. The summed E-state index contributed by atoms with van der Waals surface area (Å²) in [7, 11) is 3.98. The van der Waals surface area contributed by atoms with Gasteiger partial charge < -0.3 is 15.5 Å². The lowest BCUT2D eigenvalue weighted by molar-refractivity contribution is 0.0943. The molecule has 0 atom stereocenters. The maximum absolute atomic E-state index is 12.3. The van der Waals surface area contributed by atoms with Crippen LogP contribution in [0.15, 0.2) is 30.3 Å². The van der Waals surface area contributed by atoms with Gasteiger partial charge in [0.2, 0.25) is 5.95 Å². The van der Waals surface area contributed by atoms with E-state index in [-0.39, 0.29) is 5.91 Å². The minimum atomic E-state index is 0.0182. The number of carbonyl (C=O) groups is 1. The van der Waals surface area contributed by atoms with E-state index in [9.17, 15) is 4.79 Å². The Bertz CT molecular complexity index is 795. The number of aryl methyl sites for hydroxylation is 2. The van der Waals surface area contributed by atoms with Gasteiger partial charge in [0.25, 0.3) is 5.91 Å². The molecule has 0 spiro atoms. The average Bonchev–Trinajstić information content (AvgIpc) is 2.67. The molecule has 6 nitrogen and oxygen atoms in total. The van der Waals surface area contributed by atoms with E-state index < -0.39 is 0 Å². The van der Waals surface area contributed by atoms with E-state index in [2.05, 4.69) is 20.6 Å². The van der Waals surface area contributed by atoms with Gasteiger partial charge in [-0.1, -0.05) is 17.7 Å². The number of hydrogen-bond acceptors (Lipinski definition) is 5. The van der Waals surface area contributed by atoms with Gasteiger partial charge in [-0.05, 0) is 57.6 Å². The molecule has 28 heavy (non-hydrogen) atoms. The molecule has 1 fully saturated rings. The summed E-state index contributed by atoms with van der Waals surface area (Å²) in [5.41, 5.74) is 2.86. The first-order chi connectivity index (χ1) is 13.4. The lowest BCUT2D eigenvalue weighted by Gasteiger charge is -2.29. The number of nitrogens with one attached hydrogen (secondary N) is 2. The quantitative estimate of drug-likeness (QED) is 0.801. The third-order valence-corrected chi connectivity index (χ3v) is 5.34. The molecule has 1 aliphatic rings. The molecule has 1 aromatic heterocycles. The summed E-state index contributed by atoms with van der Waals surface area (Å²) in [6.45, 7) is 4.76. The molecular weight excluding hydrogens is 350 g/mol. The number of anilines is 2. The minimum Gasteiger partial charge on any atom is -0.363 e. The Labute approximate surface area is 167 Å². The zero-order valence-corrected chi connectivity index (χ0v) is 17.3. The van der Waals surface area contributed by atoms with E-state index >= 15 is 0 Å². The third-order valence-electron chi connectivity index (χ3n) is 5.34. The number of aromatic nitrogens is 2. The van der Waals surface area contributed by atoms with Gasteiger partial charge in [-0.3, -0.25) is 4.79 Å². The lowest BCUT2D eigenvalue weighted by Crippen LogP contribution is -2.34. The SMILES string of the molecule is Cc1ccc(C(=O)NCC2CCC(Nc3nc(C)cc(N(C)C)n3)CC2)cc1. The van der Waals surface area contributed by atoms with Crippen LogP contribution in [0.1, 0.15) is 47.3 Å². The van der Waals surface area contributed by atoms with Crippen molar-refractivity contribution in [3.8, 4) is 0 Å². The smallest absolute Gasteiger partial charge is 0.251 e. The first-order valence-electron chi connectivity index (χ1n) is 10.0. The summed E-state index contributed by atoms with van der Waals surface area (Å²) < 4.78 is 0. The Morgan fingerprint density at radius 2 is 1.75 bits per heavy atom. The summed E-state index contributed by atoms with van der Waals surface area (Å²) >= 11 is 0. The highest BCUT2D eigenvalue weighted by atomic mass is 16.1. The van der Waals surface area contributed by atoms with E-state index in [1.807, 2.05) is 63.2 Å². The summed E-state index contributed by atoms with van der Waals surface area (Å²) in [6, 6.07) is 10.1. The van der Waals surface area contributed by atoms with Gasteiger partial charge in [-0.15, -0.1) is 0 Å². The fourth-order valence-electron chi connectivity index (χ4n) is 3.58. The number of nitrogens with zero attached hydrogens (tertiary/aromatic N) is 3. The molecule has 150 valence electrons. The monoisotopic (exact) mass is 381 g/mol. The van der Waals surface area contributed by atoms with Gasteiger partial charge in [0.15, 0.2) is 0 Å². The van der Waals surface area contributed by atoms with Crippen LogP contribution in [0, 0.1) is 19.8 Å². The highest BCUT2D eigenvalue weighted by molar-refractivity contribution is 5.94. The molecule has 0 bridgehead atoms. The molecule has 0 aliphatic heterocycles. The Kier molecular flexibility index (Phi) is 6.49. The van der Waals surface area contributed by atoms with Crippen LogP contribution < -0.4 is 15.5 Å². The number of rotatable bonds is 6. The maximum atomic E-state index is 12.3. The summed E-state index contributed by atoms with van der Waals surface area (Å²) in [4.78, 5) is 23.4. The van der Waals surface area contributed by atoms with Crippen LogP contribution in [-0.2, 0) is 0 Å². The predicted octanol–water partition coefficient (Wildman–Crippen LogP) is 3.56. The summed E-state index contributed by atoms with van der Waals surface area (Å²) in [5.74, 6) is 2.18. The largest absolute Gasteiger partial charge is 0.363 e. The highest BCUT2D eigenvalue weighted by Gasteiger charge is 2.22. The number of hydrogen-bond donors (Lipinski definition) is 2. The van der Waals surface area contributed by atoms with E-state index in [0.717, 1.165) is 54.9 Å². The van der Waals surface area contributed by atoms with Crippen LogP contribution in [-0.4, -0.2) is 42.6 Å². The van der Waals surface area contributed by atoms with Crippen molar-refractivity contribution in [2.24, 2.45) is 5.92 Å². The van der Waals surface area contributed by atoms with E-state index in [1.54, 1.807) is 0 Å². The lowest BCUT2D eigenvalue weighted by atomic mass is 9.86. The average molecular weight is 382 g/mol. The molecule has 3 rings (SSSR count). The van der Waals surface area contributed by atoms with Crippen LogP contribution in [0.3, 0.4) is 0 Å². The Morgan fingerprint density at radius 1 is 1.07 bits per heavy atom. The van der Waals surface area contributed by atoms with Crippen molar-refractivity contribution >= 4 is 17.7 Å². The van der Waals surface area contributed by atoms with Crippen molar-refractivity contribution in [3.63, 3.8) is 0 Å².